The minimum Gasteiger partial charge on any atom is -0.300 e. The molecule has 1 aromatic rings. The van der Waals surface area contributed by atoms with Gasteiger partial charge in [0, 0.05) is 15.7 Å². The van der Waals surface area contributed by atoms with Crippen LogP contribution >= 0.6 is 22.6 Å². The predicted octanol–water partition coefficient (Wildman–Crippen LogP) is 4.38. The minimum absolute atomic E-state index is 0.0714. The summed E-state index contributed by atoms with van der Waals surface area (Å²) in [6.45, 7) is 3.03. The number of ketones is 1. The first-order chi connectivity index (χ1) is 8.18. The maximum Gasteiger partial charge on any atom is 0.416 e. The normalized spacial score (nSPS) is 12.7. The maximum absolute atomic E-state index is 12.6. The Bertz CT molecular complexity index is 495. The Morgan fingerprint density at radius 1 is 1.28 bits per heavy atom. The molecule has 2 nitrogen and oxygen atoms in total. The highest BCUT2D eigenvalue weighted by molar-refractivity contribution is 14.1. The van der Waals surface area contributed by atoms with Crippen molar-refractivity contribution in [3.63, 3.8) is 0 Å². The van der Waals surface area contributed by atoms with Gasteiger partial charge in [-0.25, -0.2) is 0 Å². The summed E-state index contributed by atoms with van der Waals surface area (Å²) in [4.78, 5) is 14.9. The van der Waals surface area contributed by atoms with Gasteiger partial charge in [-0.15, -0.1) is 0 Å². The summed E-state index contributed by atoms with van der Waals surface area (Å²) in [7, 11) is 0. The molecule has 0 aliphatic heterocycles. The Morgan fingerprint density at radius 3 is 2.39 bits per heavy atom. The third kappa shape index (κ3) is 4.75. The lowest BCUT2D eigenvalue weighted by atomic mass is 10.2. The monoisotopic (exact) mass is 369 g/mol. The van der Waals surface area contributed by atoms with Crippen LogP contribution in [-0.4, -0.2) is 11.5 Å². The molecule has 0 radical (unpaired) electrons. The average Bonchev–Trinajstić information content (AvgIpc) is 2.13. The second-order valence-corrected chi connectivity index (χ2v) is 5.17. The molecule has 0 heterocycles. The highest BCUT2D eigenvalue weighted by Crippen LogP contribution is 2.33. The molecule has 98 valence electrons. The van der Waals surface area contributed by atoms with Gasteiger partial charge in [0.05, 0.1) is 11.3 Å². The van der Waals surface area contributed by atoms with E-state index < -0.39 is 11.7 Å². The van der Waals surface area contributed by atoms with Crippen molar-refractivity contribution >= 4 is 39.8 Å². The van der Waals surface area contributed by atoms with Crippen LogP contribution in [0.5, 0.6) is 0 Å². The van der Waals surface area contributed by atoms with E-state index in [1.165, 1.54) is 6.92 Å². The van der Waals surface area contributed by atoms with Crippen LogP contribution in [0.1, 0.15) is 25.8 Å². The first kappa shape index (κ1) is 15.1. The Morgan fingerprint density at radius 2 is 1.89 bits per heavy atom. The SMILES string of the molecule is CC(=O)CC(C)=Nc1cc(I)cc(C(F)(F)F)c1. The number of halogens is 4. The highest BCUT2D eigenvalue weighted by Gasteiger charge is 2.31. The van der Waals surface area contributed by atoms with Crippen molar-refractivity contribution < 1.29 is 18.0 Å². The summed E-state index contributed by atoms with van der Waals surface area (Å²) < 4.78 is 38.2. The van der Waals surface area contributed by atoms with Crippen molar-refractivity contribution in [2.24, 2.45) is 4.99 Å². The van der Waals surface area contributed by atoms with Crippen LogP contribution in [0.2, 0.25) is 0 Å². The molecule has 0 aliphatic carbocycles. The van der Waals surface area contributed by atoms with Crippen molar-refractivity contribution in [2.45, 2.75) is 26.4 Å². The average molecular weight is 369 g/mol. The van der Waals surface area contributed by atoms with Gasteiger partial charge in [0.15, 0.2) is 0 Å². The standard InChI is InChI=1S/C12H11F3INO/c1-7(3-8(2)18)17-11-5-9(12(13,14)15)4-10(16)6-11/h4-6H,3H2,1-2H3. The number of rotatable bonds is 3. The first-order valence-corrected chi connectivity index (χ1v) is 6.18. The lowest BCUT2D eigenvalue weighted by Crippen LogP contribution is -2.05. The van der Waals surface area contributed by atoms with Gasteiger partial charge in [0.1, 0.15) is 5.78 Å². The Balaban J connectivity index is 3.11. The smallest absolute Gasteiger partial charge is 0.300 e. The van der Waals surface area contributed by atoms with Gasteiger partial charge in [-0.3, -0.25) is 9.79 Å². The van der Waals surface area contributed by atoms with E-state index in [4.69, 9.17) is 0 Å². The molecule has 0 unspecified atom stereocenters. The third-order valence-electron chi connectivity index (χ3n) is 2.03. The van der Waals surface area contributed by atoms with E-state index >= 15 is 0 Å². The second kappa shape index (κ2) is 5.81. The number of hydrogen-bond acceptors (Lipinski definition) is 2. The first-order valence-electron chi connectivity index (χ1n) is 5.10. The number of nitrogens with zero attached hydrogens (tertiary/aromatic N) is 1. The summed E-state index contributed by atoms with van der Waals surface area (Å²) in [6, 6.07) is 3.57. The van der Waals surface area contributed by atoms with Crippen LogP contribution in [-0.2, 0) is 11.0 Å². The van der Waals surface area contributed by atoms with Crippen molar-refractivity contribution in [2.75, 3.05) is 0 Å². The Hall–Kier alpha value is -0.920. The van der Waals surface area contributed by atoms with E-state index in [2.05, 4.69) is 4.99 Å². The van der Waals surface area contributed by atoms with Crippen molar-refractivity contribution in [1.82, 2.24) is 0 Å². The lowest BCUT2D eigenvalue weighted by Gasteiger charge is -2.08. The van der Waals surface area contributed by atoms with Crippen molar-refractivity contribution in [3.05, 3.63) is 27.3 Å². The molecule has 0 atom stereocenters. The number of carbonyl (C=O) groups is 1. The summed E-state index contributed by atoms with van der Waals surface area (Å²) in [5.74, 6) is -0.0714. The topological polar surface area (TPSA) is 29.4 Å². The molecule has 0 aliphatic rings. The summed E-state index contributed by atoms with van der Waals surface area (Å²) in [5.41, 5.74) is -0.0191. The predicted molar refractivity (Wildman–Crippen MR) is 72.2 cm³/mol. The molecule has 6 heteroatoms. The molecule has 0 spiro atoms. The van der Waals surface area contributed by atoms with E-state index in [-0.39, 0.29) is 17.9 Å². The fourth-order valence-corrected chi connectivity index (χ4v) is 2.08. The van der Waals surface area contributed by atoms with E-state index in [1.807, 2.05) is 22.6 Å². The zero-order valence-electron chi connectivity index (χ0n) is 9.81. The lowest BCUT2D eigenvalue weighted by molar-refractivity contribution is -0.137. The van der Waals surface area contributed by atoms with Crippen LogP contribution in [0.15, 0.2) is 23.2 Å². The van der Waals surface area contributed by atoms with E-state index in [0.29, 0.717) is 9.28 Å². The molecular weight excluding hydrogens is 358 g/mol. The third-order valence-corrected chi connectivity index (χ3v) is 2.66. The van der Waals surface area contributed by atoms with Gasteiger partial charge in [0.25, 0.3) is 0 Å². The number of aliphatic imine (C=N–C) groups is 1. The fraction of sp³-hybridized carbons (Fsp3) is 0.333. The van der Waals surface area contributed by atoms with Crippen molar-refractivity contribution in [3.8, 4) is 0 Å². The fourth-order valence-electron chi connectivity index (χ4n) is 1.42. The van der Waals surface area contributed by atoms with Gasteiger partial charge in [-0.2, -0.15) is 13.2 Å². The summed E-state index contributed by atoms with van der Waals surface area (Å²) in [6.07, 6.45) is -4.24. The largest absolute Gasteiger partial charge is 0.416 e. The zero-order valence-corrected chi connectivity index (χ0v) is 12.0. The Labute approximate surface area is 116 Å². The van der Waals surface area contributed by atoms with Gasteiger partial charge >= 0.3 is 6.18 Å². The maximum atomic E-state index is 12.6. The minimum atomic E-state index is -4.39. The molecule has 1 rings (SSSR count). The number of Topliss-reactive ketones (excluding diaryl/α,β-unsaturated/α-hetero) is 1. The van der Waals surface area contributed by atoms with Crippen LogP contribution in [0.25, 0.3) is 0 Å². The summed E-state index contributed by atoms with van der Waals surface area (Å²) in [5, 5.41) is 0. The van der Waals surface area contributed by atoms with Crippen LogP contribution in [0.3, 0.4) is 0 Å². The van der Waals surface area contributed by atoms with Gasteiger partial charge < -0.3 is 0 Å². The van der Waals surface area contributed by atoms with E-state index in [0.717, 1.165) is 12.1 Å². The number of benzene rings is 1. The molecule has 1 aromatic carbocycles. The highest BCUT2D eigenvalue weighted by atomic mass is 127. The molecule has 0 saturated heterocycles. The summed E-state index contributed by atoms with van der Waals surface area (Å²) >= 11 is 1.81. The molecular formula is C12H11F3INO. The second-order valence-electron chi connectivity index (χ2n) is 3.92. The van der Waals surface area contributed by atoms with Gasteiger partial charge in [-0.05, 0) is 54.6 Å². The van der Waals surface area contributed by atoms with Crippen LogP contribution in [0.4, 0.5) is 18.9 Å². The van der Waals surface area contributed by atoms with Crippen molar-refractivity contribution in [1.29, 1.82) is 0 Å². The Kier molecular flexibility index (Phi) is 4.89. The molecule has 18 heavy (non-hydrogen) atoms. The molecule has 0 bridgehead atoms. The van der Waals surface area contributed by atoms with Crippen LogP contribution < -0.4 is 0 Å². The number of hydrogen-bond donors (Lipinski definition) is 0. The molecule has 0 saturated carbocycles. The molecule has 0 aromatic heterocycles. The van der Waals surface area contributed by atoms with E-state index in [1.54, 1.807) is 13.0 Å². The quantitative estimate of drug-likeness (QED) is 0.574. The molecule has 0 amide bonds. The number of alkyl halides is 3. The zero-order chi connectivity index (χ0) is 13.9. The molecule has 0 fully saturated rings. The van der Waals surface area contributed by atoms with Crippen LogP contribution in [0, 0.1) is 3.57 Å². The van der Waals surface area contributed by atoms with E-state index in [9.17, 15) is 18.0 Å². The van der Waals surface area contributed by atoms with Gasteiger partial charge in [-0.1, -0.05) is 0 Å². The van der Waals surface area contributed by atoms with Gasteiger partial charge in [0.2, 0.25) is 0 Å². The molecule has 0 N–H and O–H groups in total. The number of carbonyl (C=O) groups excluding carboxylic acids is 1.